The summed E-state index contributed by atoms with van der Waals surface area (Å²) < 4.78 is 5.70. The number of nitrogens with two attached hydrogens (primary N) is 1. The van der Waals surface area contributed by atoms with Crippen molar-refractivity contribution < 1.29 is 14.9 Å². The average Bonchev–Trinajstić information content (AvgIpc) is 2.52. The van der Waals surface area contributed by atoms with Crippen LogP contribution in [0.5, 0.6) is 23.1 Å². The van der Waals surface area contributed by atoms with Crippen LogP contribution in [0.15, 0.2) is 12.1 Å². The first-order valence-corrected chi connectivity index (χ1v) is 7.24. The summed E-state index contributed by atoms with van der Waals surface area (Å²) in [4.78, 5) is 4.15. The van der Waals surface area contributed by atoms with Gasteiger partial charge in [0.25, 0.3) is 0 Å². The molecule has 7 nitrogen and oxygen atoms in total. The fraction of sp³-hybridized carbons (Fsp3) is 0.250. The van der Waals surface area contributed by atoms with Crippen molar-refractivity contribution in [1.29, 1.82) is 5.26 Å². The van der Waals surface area contributed by atoms with E-state index < -0.39 is 0 Å². The molecule has 7 heteroatoms. The summed E-state index contributed by atoms with van der Waals surface area (Å²) in [5.74, 6) is 0.320. The average molecular weight is 312 g/mol. The van der Waals surface area contributed by atoms with Crippen molar-refractivity contribution >= 4 is 11.5 Å². The highest BCUT2D eigenvalue weighted by Crippen LogP contribution is 2.44. The highest BCUT2D eigenvalue weighted by Gasteiger charge is 2.26. The standard InChI is InChI=1S/C16H16N4O3/c1-2-3-19-14-9-4-8-5-11(21)12(22)6-13(8)23-16(9)20-15(18)10(14)7-17/h5-6,21-22H,2-4H2,1H3,(H3,18,19,20). The lowest BCUT2D eigenvalue weighted by Gasteiger charge is -2.24. The molecule has 0 amide bonds. The van der Waals surface area contributed by atoms with Gasteiger partial charge in [-0.2, -0.15) is 10.2 Å². The second-order valence-electron chi connectivity index (χ2n) is 5.30. The van der Waals surface area contributed by atoms with E-state index in [0.717, 1.165) is 6.42 Å². The van der Waals surface area contributed by atoms with Crippen molar-refractivity contribution in [2.75, 3.05) is 17.6 Å². The first-order valence-electron chi connectivity index (χ1n) is 7.24. The molecular weight excluding hydrogens is 296 g/mol. The van der Waals surface area contributed by atoms with E-state index >= 15 is 0 Å². The number of aromatic hydroxyl groups is 2. The summed E-state index contributed by atoms with van der Waals surface area (Å²) in [5, 5.41) is 31.8. The Hall–Kier alpha value is -3.14. The Morgan fingerprint density at radius 2 is 2.13 bits per heavy atom. The number of rotatable bonds is 3. The van der Waals surface area contributed by atoms with Crippen molar-refractivity contribution in [3.05, 3.63) is 28.8 Å². The largest absolute Gasteiger partial charge is 0.504 e. The monoisotopic (exact) mass is 312 g/mol. The Morgan fingerprint density at radius 1 is 1.39 bits per heavy atom. The molecule has 1 aliphatic rings. The van der Waals surface area contributed by atoms with Gasteiger partial charge in [0.15, 0.2) is 11.5 Å². The Morgan fingerprint density at radius 3 is 2.83 bits per heavy atom. The molecular formula is C16H16N4O3. The minimum atomic E-state index is -0.266. The number of aromatic nitrogens is 1. The lowest BCUT2D eigenvalue weighted by molar-refractivity contribution is 0.391. The number of fused-ring (bicyclic) bond motifs is 2. The van der Waals surface area contributed by atoms with Crippen LogP contribution in [0.4, 0.5) is 11.5 Å². The molecule has 3 rings (SSSR count). The molecule has 0 fully saturated rings. The molecule has 1 aromatic heterocycles. The van der Waals surface area contributed by atoms with Crippen LogP contribution in [-0.2, 0) is 6.42 Å². The molecule has 0 bridgehead atoms. The number of anilines is 2. The van der Waals surface area contributed by atoms with E-state index in [1.165, 1.54) is 12.1 Å². The Labute approximate surface area is 133 Å². The maximum atomic E-state index is 9.67. The summed E-state index contributed by atoms with van der Waals surface area (Å²) in [7, 11) is 0. The second-order valence-corrected chi connectivity index (χ2v) is 5.30. The van der Waals surface area contributed by atoms with Gasteiger partial charge >= 0.3 is 0 Å². The normalized spacial score (nSPS) is 11.8. The predicted molar refractivity (Wildman–Crippen MR) is 84.8 cm³/mol. The van der Waals surface area contributed by atoms with Crippen LogP contribution in [0.2, 0.25) is 0 Å². The second kappa shape index (κ2) is 5.57. The molecule has 0 saturated carbocycles. The number of nitrogen functional groups attached to an aromatic ring is 1. The van der Waals surface area contributed by atoms with Crippen LogP contribution in [0, 0.1) is 11.3 Å². The van der Waals surface area contributed by atoms with Gasteiger partial charge in [0, 0.05) is 30.2 Å². The zero-order valence-electron chi connectivity index (χ0n) is 12.6. The number of nitrogens with one attached hydrogen (secondary N) is 1. The van der Waals surface area contributed by atoms with Gasteiger partial charge in [0.1, 0.15) is 23.2 Å². The molecule has 23 heavy (non-hydrogen) atoms. The Balaban J connectivity index is 2.14. The molecule has 0 unspecified atom stereocenters. The minimum Gasteiger partial charge on any atom is -0.504 e. The third-order valence-corrected chi connectivity index (χ3v) is 3.68. The van der Waals surface area contributed by atoms with Gasteiger partial charge in [-0.15, -0.1) is 0 Å². The summed E-state index contributed by atoms with van der Waals surface area (Å²) >= 11 is 0. The van der Waals surface area contributed by atoms with Gasteiger partial charge in [0.05, 0.1) is 5.69 Å². The predicted octanol–water partition coefficient (Wildman–Crippen LogP) is 2.47. The molecule has 0 atom stereocenters. The quantitative estimate of drug-likeness (QED) is 0.547. The topological polar surface area (TPSA) is 124 Å². The van der Waals surface area contributed by atoms with Gasteiger partial charge in [-0.1, -0.05) is 6.92 Å². The van der Waals surface area contributed by atoms with Crippen LogP contribution in [0.25, 0.3) is 0 Å². The molecule has 2 heterocycles. The highest BCUT2D eigenvalue weighted by atomic mass is 16.5. The zero-order valence-corrected chi connectivity index (χ0v) is 12.6. The van der Waals surface area contributed by atoms with Crippen molar-refractivity contribution in [3.63, 3.8) is 0 Å². The van der Waals surface area contributed by atoms with Gasteiger partial charge in [0.2, 0.25) is 5.88 Å². The van der Waals surface area contributed by atoms with E-state index in [1.807, 2.05) is 6.92 Å². The SMILES string of the molecule is CCCNc1c(C#N)c(N)nc2c1Cc1cc(O)c(O)cc1O2. The summed E-state index contributed by atoms with van der Waals surface area (Å²) in [6.07, 6.45) is 1.29. The van der Waals surface area contributed by atoms with Gasteiger partial charge in [-0.3, -0.25) is 0 Å². The van der Waals surface area contributed by atoms with E-state index in [2.05, 4.69) is 16.4 Å². The van der Waals surface area contributed by atoms with Gasteiger partial charge in [-0.05, 0) is 12.5 Å². The number of hydrogen-bond acceptors (Lipinski definition) is 7. The van der Waals surface area contributed by atoms with Crippen molar-refractivity contribution in [1.82, 2.24) is 4.98 Å². The van der Waals surface area contributed by atoms with Gasteiger partial charge in [-0.25, -0.2) is 0 Å². The fourth-order valence-corrected chi connectivity index (χ4v) is 2.55. The number of pyridine rings is 1. The fourth-order valence-electron chi connectivity index (χ4n) is 2.55. The number of nitrogens with zero attached hydrogens (tertiary/aromatic N) is 2. The molecule has 0 spiro atoms. The number of hydrogen-bond donors (Lipinski definition) is 4. The van der Waals surface area contributed by atoms with Crippen LogP contribution in [0.1, 0.15) is 30.0 Å². The van der Waals surface area contributed by atoms with Gasteiger partial charge < -0.3 is 26.0 Å². The molecule has 5 N–H and O–H groups in total. The molecule has 0 saturated heterocycles. The van der Waals surface area contributed by atoms with E-state index in [-0.39, 0.29) is 22.9 Å². The maximum Gasteiger partial charge on any atom is 0.226 e. The third-order valence-electron chi connectivity index (χ3n) is 3.68. The number of phenols is 2. The summed E-state index contributed by atoms with van der Waals surface area (Å²) in [6, 6.07) is 4.85. The van der Waals surface area contributed by atoms with E-state index in [1.54, 1.807) is 0 Å². The minimum absolute atomic E-state index is 0.0938. The molecule has 118 valence electrons. The lowest BCUT2D eigenvalue weighted by atomic mass is 9.98. The molecule has 2 aromatic rings. The van der Waals surface area contributed by atoms with Crippen molar-refractivity contribution in [3.8, 4) is 29.2 Å². The van der Waals surface area contributed by atoms with Crippen molar-refractivity contribution in [2.45, 2.75) is 19.8 Å². The molecule has 1 aliphatic heterocycles. The maximum absolute atomic E-state index is 9.67. The highest BCUT2D eigenvalue weighted by molar-refractivity contribution is 5.74. The van der Waals surface area contributed by atoms with Crippen LogP contribution < -0.4 is 15.8 Å². The molecule has 0 radical (unpaired) electrons. The van der Waals surface area contributed by atoms with Crippen LogP contribution in [-0.4, -0.2) is 21.7 Å². The summed E-state index contributed by atoms with van der Waals surface area (Å²) in [6.45, 7) is 2.70. The molecule has 0 aliphatic carbocycles. The van der Waals surface area contributed by atoms with E-state index in [4.69, 9.17) is 10.5 Å². The van der Waals surface area contributed by atoms with Crippen LogP contribution >= 0.6 is 0 Å². The molecule has 1 aromatic carbocycles. The Bertz CT molecular complexity index is 827. The number of ether oxygens (including phenoxy) is 1. The van der Waals surface area contributed by atoms with Crippen molar-refractivity contribution in [2.24, 2.45) is 0 Å². The summed E-state index contributed by atoms with van der Waals surface area (Å²) in [5.41, 5.74) is 8.16. The smallest absolute Gasteiger partial charge is 0.226 e. The zero-order chi connectivity index (χ0) is 16.6. The lowest BCUT2D eigenvalue weighted by Crippen LogP contribution is -2.14. The van der Waals surface area contributed by atoms with Crippen LogP contribution in [0.3, 0.4) is 0 Å². The number of phenolic OH excluding ortho intramolecular Hbond substituents is 2. The first kappa shape index (κ1) is 14.8. The number of benzene rings is 1. The van der Waals surface area contributed by atoms with E-state index in [9.17, 15) is 15.5 Å². The van der Waals surface area contributed by atoms with E-state index in [0.29, 0.717) is 41.4 Å². The number of nitriles is 1. The Kier molecular flexibility index (Phi) is 3.58. The first-order chi connectivity index (χ1) is 11.0. The third kappa shape index (κ3) is 2.44.